The van der Waals surface area contributed by atoms with Crippen LogP contribution >= 0.6 is 0 Å². The van der Waals surface area contributed by atoms with E-state index in [0.717, 1.165) is 38.0 Å². The fraction of sp³-hybridized carbons (Fsp3) is 0.654. The van der Waals surface area contributed by atoms with Crippen molar-refractivity contribution >= 4 is 10.8 Å². The summed E-state index contributed by atoms with van der Waals surface area (Å²) in [7, 11) is 0. The zero-order valence-corrected chi connectivity index (χ0v) is 18.7. The van der Waals surface area contributed by atoms with Gasteiger partial charge in [-0.05, 0) is 55.5 Å². The van der Waals surface area contributed by atoms with Gasteiger partial charge in [-0.3, -0.25) is 0 Å². The van der Waals surface area contributed by atoms with E-state index >= 15 is 0 Å². The summed E-state index contributed by atoms with van der Waals surface area (Å²) in [5.41, 5.74) is -0.583. The number of hydrogen-bond donors (Lipinski definition) is 0. The Hall–Kier alpha value is -1.84. The van der Waals surface area contributed by atoms with Gasteiger partial charge in [-0.15, -0.1) is 0 Å². The van der Waals surface area contributed by atoms with Gasteiger partial charge < -0.3 is 9.15 Å². The lowest BCUT2D eigenvalue weighted by Crippen LogP contribution is -2.15. The van der Waals surface area contributed by atoms with Crippen molar-refractivity contribution in [3.8, 4) is 5.75 Å². The average Bonchev–Trinajstić information content (AvgIpc) is 2.76. The van der Waals surface area contributed by atoms with Crippen LogP contribution in [0.2, 0.25) is 0 Å². The predicted molar refractivity (Wildman–Crippen MR) is 121 cm³/mol. The second-order valence-corrected chi connectivity index (χ2v) is 8.90. The summed E-state index contributed by atoms with van der Waals surface area (Å²) in [6, 6.07) is 5.29. The van der Waals surface area contributed by atoms with E-state index < -0.39 is 11.4 Å². The van der Waals surface area contributed by atoms with Gasteiger partial charge in [0.2, 0.25) is 0 Å². The first kappa shape index (κ1) is 22.8. The number of halogens is 1. The number of hydrogen-bond acceptors (Lipinski definition) is 3. The second-order valence-electron chi connectivity index (χ2n) is 8.90. The predicted octanol–water partition coefficient (Wildman–Crippen LogP) is 7.75. The topological polar surface area (TPSA) is 39.4 Å². The van der Waals surface area contributed by atoms with E-state index in [1.54, 1.807) is 12.1 Å². The van der Waals surface area contributed by atoms with Crippen LogP contribution in [0.3, 0.4) is 0 Å². The number of rotatable bonds is 11. The maximum Gasteiger partial charge on any atom is 0.346 e. The van der Waals surface area contributed by atoms with Crippen LogP contribution in [0.5, 0.6) is 5.75 Å². The number of unbranched alkanes of at least 4 members (excludes halogenated alkanes) is 5. The summed E-state index contributed by atoms with van der Waals surface area (Å²) in [4.78, 5) is 12.6. The number of benzene rings is 1. The Bertz CT molecular complexity index is 849. The second kappa shape index (κ2) is 11.5. The minimum atomic E-state index is -0.597. The van der Waals surface area contributed by atoms with Gasteiger partial charge in [0.25, 0.3) is 0 Å². The van der Waals surface area contributed by atoms with E-state index in [2.05, 4.69) is 13.8 Å². The molecule has 1 aliphatic carbocycles. The summed E-state index contributed by atoms with van der Waals surface area (Å²) in [5.74, 6) is 1.33. The van der Waals surface area contributed by atoms with Crippen LogP contribution in [0.25, 0.3) is 10.8 Å². The highest BCUT2D eigenvalue weighted by atomic mass is 19.1. The molecule has 0 amide bonds. The fourth-order valence-corrected chi connectivity index (χ4v) is 4.68. The summed E-state index contributed by atoms with van der Waals surface area (Å²) < 4.78 is 26.0. The molecule has 2 aromatic rings. The first-order chi connectivity index (χ1) is 14.6. The van der Waals surface area contributed by atoms with Gasteiger partial charge in [-0.1, -0.05) is 64.9 Å². The molecule has 1 saturated carbocycles. The molecule has 30 heavy (non-hydrogen) atoms. The van der Waals surface area contributed by atoms with Gasteiger partial charge in [0.1, 0.15) is 11.1 Å². The van der Waals surface area contributed by atoms with Crippen molar-refractivity contribution in [1.82, 2.24) is 0 Å². The van der Waals surface area contributed by atoms with Gasteiger partial charge in [0.05, 0.1) is 6.61 Å². The highest BCUT2D eigenvalue weighted by Crippen LogP contribution is 2.38. The number of fused-ring (bicyclic) bond motifs is 1. The van der Waals surface area contributed by atoms with E-state index in [1.807, 2.05) is 6.07 Å². The molecule has 166 valence electrons. The lowest BCUT2D eigenvalue weighted by Gasteiger charge is -2.28. The largest absolute Gasteiger partial charge is 0.490 e. The van der Waals surface area contributed by atoms with Crippen molar-refractivity contribution < 1.29 is 13.5 Å². The van der Waals surface area contributed by atoms with E-state index in [9.17, 15) is 9.18 Å². The molecule has 0 bridgehead atoms. The zero-order chi connectivity index (χ0) is 21.3. The molecule has 0 unspecified atom stereocenters. The molecule has 1 aliphatic rings. The molecule has 1 fully saturated rings. The first-order valence-electron chi connectivity index (χ1n) is 12.0. The number of ether oxygens (including phenoxy) is 1. The normalized spacial score (nSPS) is 19.3. The van der Waals surface area contributed by atoms with E-state index in [4.69, 9.17) is 9.15 Å². The SMILES string of the molecule is CCCCCCC1CCC(c2cc3ccc(OCCCCC)c(F)c3c(=O)o2)CC1. The molecule has 0 aliphatic heterocycles. The summed E-state index contributed by atoms with van der Waals surface area (Å²) in [6.45, 7) is 4.82. The standard InChI is InChI=1S/C26H37FO3/c1-3-5-7-8-10-19-11-13-20(14-12-19)23-18-21-15-16-22(29-17-9-6-4-2)25(27)24(21)26(28)30-23/h15-16,18-20H,3-14,17H2,1-2H3. The Kier molecular flexibility index (Phi) is 8.77. The molecule has 0 N–H and O–H groups in total. The summed E-state index contributed by atoms with van der Waals surface area (Å²) in [6.07, 6.45) is 14.1. The monoisotopic (exact) mass is 416 g/mol. The fourth-order valence-electron chi connectivity index (χ4n) is 4.68. The Labute approximate surface area is 180 Å². The van der Waals surface area contributed by atoms with Crippen LogP contribution < -0.4 is 10.4 Å². The average molecular weight is 417 g/mol. The van der Waals surface area contributed by atoms with E-state index in [0.29, 0.717) is 17.8 Å². The minimum absolute atomic E-state index is 0.0105. The van der Waals surface area contributed by atoms with Crippen molar-refractivity contribution in [2.75, 3.05) is 6.61 Å². The highest BCUT2D eigenvalue weighted by Gasteiger charge is 2.25. The van der Waals surface area contributed by atoms with Crippen LogP contribution in [0.4, 0.5) is 4.39 Å². The molecule has 0 atom stereocenters. The van der Waals surface area contributed by atoms with Crippen LogP contribution in [-0.2, 0) is 0 Å². The Morgan fingerprint density at radius 2 is 1.73 bits per heavy atom. The van der Waals surface area contributed by atoms with Gasteiger partial charge in [0, 0.05) is 5.92 Å². The van der Waals surface area contributed by atoms with E-state index in [-0.39, 0.29) is 17.1 Å². The lowest BCUT2D eigenvalue weighted by atomic mass is 9.78. The lowest BCUT2D eigenvalue weighted by molar-refractivity contribution is 0.275. The molecular weight excluding hydrogens is 379 g/mol. The van der Waals surface area contributed by atoms with Gasteiger partial charge in [-0.25, -0.2) is 9.18 Å². The molecule has 0 radical (unpaired) electrons. The molecular formula is C26H37FO3. The summed E-state index contributed by atoms with van der Waals surface area (Å²) >= 11 is 0. The molecule has 4 heteroatoms. The van der Waals surface area contributed by atoms with Crippen molar-refractivity contribution in [3.05, 3.63) is 40.2 Å². The maximum atomic E-state index is 14.9. The molecule has 1 aromatic carbocycles. The summed E-state index contributed by atoms with van der Waals surface area (Å²) in [5, 5.41) is 0.623. The van der Waals surface area contributed by atoms with Crippen LogP contribution in [0.15, 0.2) is 27.4 Å². The Morgan fingerprint density at radius 1 is 1.00 bits per heavy atom. The maximum absolute atomic E-state index is 14.9. The van der Waals surface area contributed by atoms with Crippen LogP contribution in [0, 0.1) is 11.7 Å². The molecule has 0 saturated heterocycles. The first-order valence-corrected chi connectivity index (χ1v) is 12.0. The quantitative estimate of drug-likeness (QED) is 0.352. The third kappa shape index (κ3) is 5.86. The van der Waals surface area contributed by atoms with Gasteiger partial charge in [0.15, 0.2) is 11.6 Å². The molecule has 3 nitrogen and oxygen atoms in total. The van der Waals surface area contributed by atoms with Crippen molar-refractivity contribution in [2.45, 2.75) is 96.8 Å². The van der Waals surface area contributed by atoms with Crippen LogP contribution in [0.1, 0.15) is 103 Å². The van der Waals surface area contributed by atoms with Crippen LogP contribution in [-0.4, -0.2) is 6.61 Å². The third-order valence-electron chi connectivity index (χ3n) is 6.57. The molecule has 1 aromatic heterocycles. The molecule has 0 spiro atoms. The zero-order valence-electron chi connectivity index (χ0n) is 18.7. The van der Waals surface area contributed by atoms with Gasteiger partial charge >= 0.3 is 5.63 Å². The molecule has 3 rings (SSSR count). The van der Waals surface area contributed by atoms with Crippen molar-refractivity contribution in [2.24, 2.45) is 5.92 Å². The minimum Gasteiger partial charge on any atom is -0.490 e. The highest BCUT2D eigenvalue weighted by molar-refractivity contribution is 5.83. The smallest absolute Gasteiger partial charge is 0.346 e. The van der Waals surface area contributed by atoms with Crippen molar-refractivity contribution in [3.63, 3.8) is 0 Å². The van der Waals surface area contributed by atoms with E-state index in [1.165, 1.54) is 44.9 Å². The van der Waals surface area contributed by atoms with Crippen molar-refractivity contribution in [1.29, 1.82) is 0 Å². The Morgan fingerprint density at radius 3 is 2.47 bits per heavy atom. The third-order valence-corrected chi connectivity index (χ3v) is 6.57. The molecule has 1 heterocycles. The van der Waals surface area contributed by atoms with Gasteiger partial charge in [-0.2, -0.15) is 0 Å². The Balaban J connectivity index is 1.65.